The van der Waals surface area contributed by atoms with Gasteiger partial charge in [-0.1, -0.05) is 6.08 Å². The number of carbonyl (C=O) groups is 1. The van der Waals surface area contributed by atoms with E-state index >= 15 is 0 Å². The van der Waals surface area contributed by atoms with E-state index < -0.39 is 5.60 Å². The van der Waals surface area contributed by atoms with Gasteiger partial charge in [0.1, 0.15) is 11.4 Å². The molecule has 0 radical (unpaired) electrons. The highest BCUT2D eigenvalue weighted by Gasteiger charge is 2.52. The van der Waals surface area contributed by atoms with Crippen molar-refractivity contribution >= 4 is 22.6 Å². The standard InChI is InChI=1S/C19H23N5O2S/c1-23-5-4-20-18(23)19(26)7-14-2-3-15(8-19)24(14)17(25)12-6-16(27-11-12)13-9-21-22-10-13/h4-6,9-10,12,14-15,26H,2-3,7-8,11H2,1H3,(H,21,22). The number of nitrogens with zero attached hydrogens (tertiary/aromatic N) is 4. The van der Waals surface area contributed by atoms with Gasteiger partial charge in [-0.05, 0) is 12.8 Å². The Labute approximate surface area is 161 Å². The molecule has 0 saturated carbocycles. The predicted octanol–water partition coefficient (Wildman–Crippen LogP) is 1.89. The zero-order valence-electron chi connectivity index (χ0n) is 15.2. The van der Waals surface area contributed by atoms with E-state index in [9.17, 15) is 9.90 Å². The maximum atomic E-state index is 13.3. The maximum absolute atomic E-state index is 13.3. The Morgan fingerprint density at radius 3 is 2.78 bits per heavy atom. The first-order valence-corrected chi connectivity index (χ1v) is 10.4. The lowest BCUT2D eigenvalue weighted by molar-refractivity contribution is -0.144. The van der Waals surface area contributed by atoms with Crippen molar-refractivity contribution in [1.29, 1.82) is 0 Å². The number of H-pyrrole nitrogens is 1. The largest absolute Gasteiger partial charge is 0.382 e. The summed E-state index contributed by atoms with van der Waals surface area (Å²) in [6.07, 6.45) is 12.4. The summed E-state index contributed by atoms with van der Waals surface area (Å²) in [5.74, 6) is 1.60. The van der Waals surface area contributed by atoms with Crippen molar-refractivity contribution in [2.75, 3.05) is 5.75 Å². The molecule has 3 aliphatic heterocycles. The van der Waals surface area contributed by atoms with Gasteiger partial charge < -0.3 is 14.6 Å². The van der Waals surface area contributed by atoms with E-state index in [0.29, 0.717) is 18.7 Å². The molecule has 2 fully saturated rings. The summed E-state index contributed by atoms with van der Waals surface area (Å²) in [6.45, 7) is 0. The Bertz CT molecular complexity index is 876. The Balaban J connectivity index is 1.36. The Kier molecular flexibility index (Phi) is 3.94. The highest BCUT2D eigenvalue weighted by atomic mass is 32.2. The Morgan fingerprint density at radius 2 is 2.15 bits per heavy atom. The molecule has 3 aliphatic rings. The number of hydrogen-bond donors (Lipinski definition) is 2. The second kappa shape index (κ2) is 6.24. The zero-order chi connectivity index (χ0) is 18.6. The molecule has 2 aromatic rings. The van der Waals surface area contributed by atoms with Crippen molar-refractivity contribution in [2.45, 2.75) is 43.4 Å². The number of rotatable bonds is 3. The van der Waals surface area contributed by atoms with Crippen LogP contribution in [0.4, 0.5) is 0 Å². The SMILES string of the molecule is Cn1ccnc1C1(O)CC2CCC(C1)N2C(=O)C1C=C(c2cn[nH]c2)SC1. The van der Waals surface area contributed by atoms with Crippen LogP contribution in [-0.2, 0) is 17.4 Å². The molecule has 2 bridgehead atoms. The van der Waals surface area contributed by atoms with Gasteiger partial charge in [-0.15, -0.1) is 11.8 Å². The van der Waals surface area contributed by atoms with Crippen LogP contribution in [0.3, 0.4) is 0 Å². The summed E-state index contributed by atoms with van der Waals surface area (Å²) in [7, 11) is 1.91. The molecule has 0 aromatic carbocycles. The third kappa shape index (κ3) is 2.73. The van der Waals surface area contributed by atoms with E-state index in [1.54, 1.807) is 24.2 Å². The lowest BCUT2D eigenvalue weighted by Crippen LogP contribution is -2.54. The van der Waals surface area contributed by atoms with Gasteiger partial charge in [-0.3, -0.25) is 9.89 Å². The molecular formula is C19H23N5O2S. The number of nitrogens with one attached hydrogen (secondary N) is 1. The van der Waals surface area contributed by atoms with Gasteiger partial charge in [0.2, 0.25) is 5.91 Å². The first-order valence-electron chi connectivity index (χ1n) is 9.41. The minimum absolute atomic E-state index is 0.0920. The van der Waals surface area contributed by atoms with Crippen molar-refractivity contribution in [3.05, 3.63) is 42.3 Å². The lowest BCUT2D eigenvalue weighted by Gasteiger charge is -2.44. The second-order valence-corrected chi connectivity index (χ2v) is 8.93. The highest BCUT2D eigenvalue weighted by Crippen LogP contribution is 2.47. The normalized spacial score (nSPS) is 32.7. The number of amides is 1. The first kappa shape index (κ1) is 17.1. The summed E-state index contributed by atoms with van der Waals surface area (Å²) in [4.78, 5) is 20.9. The molecule has 3 atom stereocenters. The number of thioether (sulfide) groups is 1. The summed E-state index contributed by atoms with van der Waals surface area (Å²) < 4.78 is 1.89. The number of imidazole rings is 1. The summed E-state index contributed by atoms with van der Waals surface area (Å²) >= 11 is 1.71. The lowest BCUT2D eigenvalue weighted by atomic mass is 9.84. The molecule has 5 rings (SSSR count). The van der Waals surface area contributed by atoms with Crippen molar-refractivity contribution in [2.24, 2.45) is 13.0 Å². The maximum Gasteiger partial charge on any atom is 0.230 e. The smallest absolute Gasteiger partial charge is 0.230 e. The molecule has 7 nitrogen and oxygen atoms in total. The molecule has 2 aromatic heterocycles. The molecule has 2 saturated heterocycles. The van der Waals surface area contributed by atoms with Crippen LogP contribution in [-0.4, -0.2) is 53.5 Å². The summed E-state index contributed by atoms with van der Waals surface area (Å²) in [5.41, 5.74) is 0.101. The minimum Gasteiger partial charge on any atom is -0.382 e. The zero-order valence-corrected chi connectivity index (χ0v) is 16.0. The van der Waals surface area contributed by atoms with E-state index in [4.69, 9.17) is 0 Å². The number of fused-ring (bicyclic) bond motifs is 2. The van der Waals surface area contributed by atoms with Crippen LogP contribution in [0.15, 0.2) is 30.9 Å². The Hall–Kier alpha value is -2.06. The second-order valence-electron chi connectivity index (χ2n) is 7.87. The van der Waals surface area contributed by atoms with Gasteiger partial charge in [-0.25, -0.2) is 4.98 Å². The van der Waals surface area contributed by atoms with Crippen LogP contribution in [0.25, 0.3) is 4.91 Å². The van der Waals surface area contributed by atoms with Crippen LogP contribution >= 0.6 is 11.8 Å². The van der Waals surface area contributed by atoms with Crippen LogP contribution in [0.2, 0.25) is 0 Å². The quantitative estimate of drug-likeness (QED) is 0.843. The third-order valence-corrected chi connectivity index (χ3v) is 7.34. The molecule has 0 spiro atoms. The fourth-order valence-electron chi connectivity index (χ4n) is 4.94. The van der Waals surface area contributed by atoms with Crippen LogP contribution < -0.4 is 0 Å². The van der Waals surface area contributed by atoms with Crippen molar-refractivity contribution in [1.82, 2.24) is 24.6 Å². The molecule has 27 heavy (non-hydrogen) atoms. The van der Waals surface area contributed by atoms with Gasteiger partial charge in [0.25, 0.3) is 0 Å². The van der Waals surface area contributed by atoms with Gasteiger partial charge in [0.15, 0.2) is 0 Å². The number of aliphatic hydroxyl groups is 1. The molecule has 8 heteroatoms. The number of hydrogen-bond acceptors (Lipinski definition) is 5. The molecule has 142 valence electrons. The van der Waals surface area contributed by atoms with E-state index in [1.807, 2.05) is 24.0 Å². The Morgan fingerprint density at radius 1 is 1.37 bits per heavy atom. The van der Waals surface area contributed by atoms with E-state index in [2.05, 4.69) is 26.2 Å². The van der Waals surface area contributed by atoms with Crippen molar-refractivity contribution < 1.29 is 9.90 Å². The number of aromatic nitrogens is 4. The molecule has 2 N–H and O–H groups in total. The van der Waals surface area contributed by atoms with Gasteiger partial charge in [-0.2, -0.15) is 5.10 Å². The molecule has 5 heterocycles. The van der Waals surface area contributed by atoms with E-state index in [1.165, 1.54) is 0 Å². The third-order valence-electron chi connectivity index (χ3n) is 6.13. The molecule has 3 unspecified atom stereocenters. The van der Waals surface area contributed by atoms with Crippen molar-refractivity contribution in [3.8, 4) is 0 Å². The van der Waals surface area contributed by atoms with Gasteiger partial charge in [0.05, 0.1) is 12.1 Å². The topological polar surface area (TPSA) is 87.0 Å². The monoisotopic (exact) mass is 385 g/mol. The fourth-order valence-corrected chi connectivity index (χ4v) is 6.08. The van der Waals surface area contributed by atoms with Crippen LogP contribution in [0.5, 0.6) is 0 Å². The predicted molar refractivity (Wildman–Crippen MR) is 103 cm³/mol. The van der Waals surface area contributed by atoms with Gasteiger partial charge >= 0.3 is 0 Å². The first-order chi connectivity index (χ1) is 13.0. The summed E-state index contributed by atoms with van der Waals surface area (Å²) in [6, 6.07) is 0.184. The average Bonchev–Trinajstić information content (AvgIpc) is 3.40. The highest BCUT2D eigenvalue weighted by molar-refractivity contribution is 8.08. The van der Waals surface area contributed by atoms with Crippen molar-refractivity contribution in [3.63, 3.8) is 0 Å². The molecular weight excluding hydrogens is 362 g/mol. The average molecular weight is 385 g/mol. The number of aryl methyl sites for hydroxylation is 1. The summed E-state index contributed by atoms with van der Waals surface area (Å²) in [5, 5.41) is 18.1. The minimum atomic E-state index is -0.941. The van der Waals surface area contributed by atoms with Gasteiger partial charge in [0, 0.05) is 66.8 Å². The molecule has 1 amide bonds. The molecule has 0 aliphatic carbocycles. The number of carbonyl (C=O) groups excluding carboxylic acids is 1. The van der Waals surface area contributed by atoms with Crippen LogP contribution in [0.1, 0.15) is 37.1 Å². The van der Waals surface area contributed by atoms with Crippen LogP contribution in [0, 0.1) is 5.92 Å². The fraction of sp³-hybridized carbons (Fsp3) is 0.526. The number of piperidine rings is 1. The number of aromatic amines is 1. The van der Waals surface area contributed by atoms with E-state index in [-0.39, 0.29) is 23.9 Å². The van der Waals surface area contributed by atoms with E-state index in [0.717, 1.165) is 29.1 Å².